The first kappa shape index (κ1) is 23.6. The van der Waals surface area contributed by atoms with Crippen molar-refractivity contribution < 1.29 is 24.0 Å². The zero-order valence-electron chi connectivity index (χ0n) is 18.7. The second-order valence-electron chi connectivity index (χ2n) is 7.41. The Morgan fingerprint density at radius 1 is 1.12 bits per heavy atom. The van der Waals surface area contributed by atoms with Crippen molar-refractivity contribution in [3.05, 3.63) is 87.1 Å². The highest BCUT2D eigenvalue weighted by Gasteiger charge is 2.34. The Bertz CT molecular complexity index is 1160. The minimum absolute atomic E-state index is 0.0445. The molecule has 0 unspecified atom stereocenters. The lowest BCUT2D eigenvalue weighted by atomic mass is 9.87. The third-order valence-electron chi connectivity index (χ3n) is 5.06. The molecular formula is C24H25N3O6. The zero-order chi connectivity index (χ0) is 24.0. The SMILES string of the molecule is CCOC(=O)Cc1nn(-c2ccccc2)c(OC(C)=O)c1[C@H](C[N+](=O)[O-])c1ccccc1C. The summed E-state index contributed by atoms with van der Waals surface area (Å²) in [6, 6.07) is 16.2. The number of carbonyl (C=O) groups excluding carboxylic acids is 2. The smallest absolute Gasteiger partial charge is 0.311 e. The first-order valence-corrected chi connectivity index (χ1v) is 10.5. The highest BCUT2D eigenvalue weighted by atomic mass is 16.6. The van der Waals surface area contributed by atoms with Crippen molar-refractivity contribution in [3.63, 3.8) is 0 Å². The van der Waals surface area contributed by atoms with Gasteiger partial charge in [0.05, 0.1) is 35.9 Å². The van der Waals surface area contributed by atoms with Gasteiger partial charge in [-0.25, -0.2) is 4.68 Å². The van der Waals surface area contributed by atoms with E-state index in [2.05, 4.69) is 5.10 Å². The summed E-state index contributed by atoms with van der Waals surface area (Å²) in [4.78, 5) is 35.7. The fourth-order valence-electron chi connectivity index (χ4n) is 3.74. The molecule has 0 aliphatic carbocycles. The molecule has 0 radical (unpaired) electrons. The number of nitro groups is 1. The van der Waals surface area contributed by atoms with E-state index in [0.717, 1.165) is 5.56 Å². The Balaban J connectivity index is 2.31. The summed E-state index contributed by atoms with van der Waals surface area (Å²) in [7, 11) is 0. The van der Waals surface area contributed by atoms with Gasteiger partial charge >= 0.3 is 11.9 Å². The Labute approximate surface area is 191 Å². The highest BCUT2D eigenvalue weighted by Crippen LogP contribution is 2.38. The molecule has 9 heteroatoms. The summed E-state index contributed by atoms with van der Waals surface area (Å²) in [5, 5.41) is 16.2. The summed E-state index contributed by atoms with van der Waals surface area (Å²) in [5.74, 6) is -1.91. The van der Waals surface area contributed by atoms with Gasteiger partial charge in [0.1, 0.15) is 0 Å². The molecule has 0 bridgehead atoms. The lowest BCUT2D eigenvalue weighted by Crippen LogP contribution is -2.19. The van der Waals surface area contributed by atoms with Gasteiger partial charge in [-0.3, -0.25) is 19.7 Å². The standard InChI is InChI=1S/C24H25N3O6/c1-4-32-22(29)14-21-23(20(15-26(30)31)19-13-9-8-10-16(19)2)24(33-17(3)28)27(25-21)18-11-6-5-7-12-18/h5-13,20H,4,14-15H2,1-3H3/t20-/m1/s1. The molecule has 0 saturated carbocycles. The van der Waals surface area contributed by atoms with Crippen molar-refractivity contribution in [2.24, 2.45) is 0 Å². The molecule has 2 aromatic carbocycles. The van der Waals surface area contributed by atoms with Crippen LogP contribution in [0.3, 0.4) is 0 Å². The Morgan fingerprint density at radius 3 is 2.39 bits per heavy atom. The van der Waals surface area contributed by atoms with Crippen LogP contribution in [-0.4, -0.2) is 39.8 Å². The van der Waals surface area contributed by atoms with E-state index in [4.69, 9.17) is 9.47 Å². The van der Waals surface area contributed by atoms with Gasteiger partial charge in [-0.2, -0.15) is 5.10 Å². The first-order chi connectivity index (χ1) is 15.8. The molecule has 1 aromatic heterocycles. The third kappa shape index (κ3) is 5.62. The van der Waals surface area contributed by atoms with E-state index in [1.807, 2.05) is 25.1 Å². The third-order valence-corrected chi connectivity index (χ3v) is 5.06. The molecule has 0 saturated heterocycles. The molecule has 3 rings (SSSR count). The first-order valence-electron chi connectivity index (χ1n) is 10.5. The van der Waals surface area contributed by atoms with Crippen molar-refractivity contribution in [1.82, 2.24) is 9.78 Å². The van der Waals surface area contributed by atoms with E-state index in [1.165, 1.54) is 11.6 Å². The minimum atomic E-state index is -0.808. The fourth-order valence-corrected chi connectivity index (χ4v) is 3.74. The van der Waals surface area contributed by atoms with Crippen molar-refractivity contribution >= 4 is 11.9 Å². The quantitative estimate of drug-likeness (QED) is 0.277. The summed E-state index contributed by atoms with van der Waals surface area (Å²) in [5.41, 5.74) is 2.65. The van der Waals surface area contributed by atoms with Gasteiger partial charge < -0.3 is 9.47 Å². The monoisotopic (exact) mass is 451 g/mol. The van der Waals surface area contributed by atoms with E-state index >= 15 is 0 Å². The van der Waals surface area contributed by atoms with Gasteiger partial charge in [-0.15, -0.1) is 0 Å². The largest absolute Gasteiger partial charge is 0.466 e. The number of hydrogen-bond acceptors (Lipinski definition) is 7. The maximum atomic E-state index is 12.4. The average Bonchev–Trinajstić information content (AvgIpc) is 3.10. The fraction of sp³-hybridized carbons (Fsp3) is 0.292. The van der Waals surface area contributed by atoms with Crippen LogP contribution in [0.15, 0.2) is 54.6 Å². The lowest BCUT2D eigenvalue weighted by molar-refractivity contribution is -0.481. The number of aromatic nitrogens is 2. The van der Waals surface area contributed by atoms with Crippen LogP contribution in [0.5, 0.6) is 5.88 Å². The van der Waals surface area contributed by atoms with Crippen LogP contribution in [-0.2, 0) is 20.7 Å². The van der Waals surface area contributed by atoms with Gasteiger partial charge in [0, 0.05) is 11.8 Å². The molecule has 1 atom stereocenters. The summed E-state index contributed by atoms with van der Waals surface area (Å²) in [6.45, 7) is 4.48. The van der Waals surface area contributed by atoms with E-state index in [9.17, 15) is 19.7 Å². The van der Waals surface area contributed by atoms with Gasteiger partial charge in [0.15, 0.2) is 0 Å². The number of rotatable bonds is 9. The Morgan fingerprint density at radius 2 is 1.79 bits per heavy atom. The van der Waals surface area contributed by atoms with Gasteiger partial charge in [-0.1, -0.05) is 42.5 Å². The van der Waals surface area contributed by atoms with Crippen LogP contribution < -0.4 is 4.74 Å². The summed E-state index contributed by atoms with van der Waals surface area (Å²) >= 11 is 0. The predicted molar refractivity (Wildman–Crippen MR) is 120 cm³/mol. The number of ether oxygens (including phenoxy) is 2. The van der Waals surface area contributed by atoms with Crippen LogP contribution in [0.1, 0.15) is 42.1 Å². The van der Waals surface area contributed by atoms with Gasteiger partial charge in [0.25, 0.3) is 0 Å². The van der Waals surface area contributed by atoms with Crippen molar-refractivity contribution in [3.8, 4) is 11.6 Å². The van der Waals surface area contributed by atoms with Gasteiger partial charge in [-0.05, 0) is 37.1 Å². The van der Waals surface area contributed by atoms with E-state index in [-0.39, 0.29) is 24.6 Å². The number of benzene rings is 2. The Kier molecular flexibility index (Phi) is 7.55. The molecule has 0 spiro atoms. The van der Waals surface area contributed by atoms with Crippen LogP contribution >= 0.6 is 0 Å². The molecule has 9 nitrogen and oxygen atoms in total. The molecule has 0 aliphatic rings. The number of para-hydroxylation sites is 1. The molecule has 33 heavy (non-hydrogen) atoms. The Hall–Kier alpha value is -4.01. The highest BCUT2D eigenvalue weighted by molar-refractivity contribution is 5.74. The number of aryl methyl sites for hydroxylation is 1. The molecular weight excluding hydrogens is 426 g/mol. The maximum Gasteiger partial charge on any atom is 0.311 e. The molecule has 0 N–H and O–H groups in total. The van der Waals surface area contributed by atoms with E-state index in [0.29, 0.717) is 16.8 Å². The molecule has 172 valence electrons. The topological polar surface area (TPSA) is 114 Å². The van der Waals surface area contributed by atoms with E-state index < -0.39 is 29.3 Å². The predicted octanol–water partition coefficient (Wildman–Crippen LogP) is 3.62. The maximum absolute atomic E-state index is 12.4. The number of hydrogen-bond donors (Lipinski definition) is 0. The van der Waals surface area contributed by atoms with E-state index in [1.54, 1.807) is 43.3 Å². The molecule has 0 fully saturated rings. The van der Waals surface area contributed by atoms with Gasteiger partial charge in [0.2, 0.25) is 12.4 Å². The number of carbonyl (C=O) groups is 2. The molecule has 3 aromatic rings. The molecule has 0 amide bonds. The normalized spacial score (nSPS) is 11.6. The molecule has 0 aliphatic heterocycles. The summed E-state index contributed by atoms with van der Waals surface area (Å²) in [6.07, 6.45) is -0.225. The number of esters is 2. The minimum Gasteiger partial charge on any atom is -0.466 e. The van der Waals surface area contributed by atoms with Crippen molar-refractivity contribution in [1.29, 1.82) is 0 Å². The van der Waals surface area contributed by atoms with Crippen molar-refractivity contribution in [2.45, 2.75) is 33.1 Å². The van der Waals surface area contributed by atoms with Crippen LogP contribution in [0.25, 0.3) is 5.69 Å². The molecule has 1 heterocycles. The lowest BCUT2D eigenvalue weighted by Gasteiger charge is -2.18. The van der Waals surface area contributed by atoms with Crippen LogP contribution in [0.2, 0.25) is 0 Å². The van der Waals surface area contributed by atoms with Crippen LogP contribution in [0, 0.1) is 17.0 Å². The second kappa shape index (κ2) is 10.5. The van der Waals surface area contributed by atoms with Crippen LogP contribution in [0.4, 0.5) is 0 Å². The zero-order valence-corrected chi connectivity index (χ0v) is 18.7. The summed E-state index contributed by atoms with van der Waals surface area (Å²) < 4.78 is 12.1. The average molecular weight is 451 g/mol. The number of nitrogens with zero attached hydrogens (tertiary/aromatic N) is 3. The second-order valence-corrected chi connectivity index (χ2v) is 7.41. The van der Waals surface area contributed by atoms with Crippen molar-refractivity contribution in [2.75, 3.05) is 13.2 Å².